The summed E-state index contributed by atoms with van der Waals surface area (Å²) in [4.78, 5) is 27.2. The van der Waals surface area contributed by atoms with Gasteiger partial charge < -0.3 is 9.15 Å². The molecule has 0 fully saturated rings. The van der Waals surface area contributed by atoms with E-state index in [1.807, 2.05) is 0 Å². The third-order valence-electron chi connectivity index (χ3n) is 3.18. The number of rotatable bonds is 4. The highest BCUT2D eigenvalue weighted by Gasteiger charge is 2.19. The Morgan fingerprint density at radius 1 is 1.32 bits per heavy atom. The Kier molecular flexibility index (Phi) is 4.45. The Balaban J connectivity index is 1.67. The number of nitrogens with one attached hydrogen (secondary N) is 1. The van der Waals surface area contributed by atoms with E-state index in [1.165, 1.54) is 12.3 Å². The van der Waals surface area contributed by atoms with Crippen molar-refractivity contribution in [2.75, 3.05) is 11.9 Å². The third kappa shape index (κ3) is 3.33. The molecule has 0 aliphatic rings. The van der Waals surface area contributed by atoms with Crippen LogP contribution in [0.4, 0.5) is 18.3 Å². The standard InChI is InChI=1S/C15H9F3N2O4S/c1-6-7(2-3-23-6)14(22)24-5-10(21)19-15-20-13-9(25-15)4-8(16)11(17)12(13)18/h2-4H,5H2,1H3,(H,19,20,21). The number of aryl methyl sites for hydroxylation is 1. The van der Waals surface area contributed by atoms with Gasteiger partial charge >= 0.3 is 5.97 Å². The first-order valence-corrected chi connectivity index (χ1v) is 7.63. The van der Waals surface area contributed by atoms with Gasteiger partial charge in [0, 0.05) is 0 Å². The lowest BCUT2D eigenvalue weighted by Crippen LogP contribution is -2.20. The predicted molar refractivity (Wildman–Crippen MR) is 81.9 cm³/mol. The summed E-state index contributed by atoms with van der Waals surface area (Å²) in [5.41, 5.74) is -0.217. The van der Waals surface area contributed by atoms with Crippen LogP contribution in [0.15, 0.2) is 22.8 Å². The molecule has 2 heterocycles. The molecule has 6 nitrogen and oxygen atoms in total. The molecule has 0 atom stereocenters. The van der Waals surface area contributed by atoms with Gasteiger partial charge in [0.25, 0.3) is 5.91 Å². The van der Waals surface area contributed by atoms with Gasteiger partial charge in [-0.1, -0.05) is 11.3 Å². The van der Waals surface area contributed by atoms with Crippen molar-refractivity contribution in [3.05, 3.63) is 47.2 Å². The molecule has 2 aromatic heterocycles. The number of benzene rings is 1. The number of hydrogen-bond donors (Lipinski definition) is 1. The highest BCUT2D eigenvalue weighted by atomic mass is 32.1. The largest absolute Gasteiger partial charge is 0.469 e. The average molecular weight is 370 g/mol. The topological polar surface area (TPSA) is 81.4 Å². The van der Waals surface area contributed by atoms with E-state index in [2.05, 4.69) is 10.3 Å². The smallest absolute Gasteiger partial charge is 0.342 e. The fourth-order valence-corrected chi connectivity index (χ4v) is 2.89. The Morgan fingerprint density at radius 3 is 2.76 bits per heavy atom. The van der Waals surface area contributed by atoms with Gasteiger partial charge in [-0.15, -0.1) is 0 Å². The molecular weight excluding hydrogens is 361 g/mol. The summed E-state index contributed by atoms with van der Waals surface area (Å²) < 4.78 is 49.7. The molecule has 3 rings (SSSR count). The summed E-state index contributed by atoms with van der Waals surface area (Å²) in [6.07, 6.45) is 1.31. The lowest BCUT2D eigenvalue weighted by atomic mass is 10.3. The number of thiazole rings is 1. The number of amides is 1. The number of nitrogens with zero attached hydrogens (tertiary/aromatic N) is 1. The van der Waals surface area contributed by atoms with Crippen molar-refractivity contribution < 1.29 is 31.9 Å². The van der Waals surface area contributed by atoms with Crippen molar-refractivity contribution in [3.63, 3.8) is 0 Å². The molecule has 0 spiro atoms. The Hall–Kier alpha value is -2.88. The van der Waals surface area contributed by atoms with Crippen molar-refractivity contribution >= 4 is 38.6 Å². The van der Waals surface area contributed by atoms with Gasteiger partial charge in [-0.2, -0.15) is 0 Å². The van der Waals surface area contributed by atoms with Crippen LogP contribution >= 0.6 is 11.3 Å². The Labute approximate surface area is 142 Å². The summed E-state index contributed by atoms with van der Waals surface area (Å²) in [7, 11) is 0. The minimum atomic E-state index is -1.64. The third-order valence-corrected chi connectivity index (χ3v) is 4.10. The molecule has 3 aromatic rings. The van der Waals surface area contributed by atoms with Gasteiger partial charge in [0.15, 0.2) is 29.2 Å². The highest BCUT2D eigenvalue weighted by Crippen LogP contribution is 2.30. The number of esters is 1. The van der Waals surface area contributed by atoms with Crippen LogP contribution in [0.3, 0.4) is 0 Å². The van der Waals surface area contributed by atoms with Gasteiger partial charge in [-0.3, -0.25) is 10.1 Å². The molecule has 0 aliphatic heterocycles. The molecule has 10 heteroatoms. The second-order valence-corrected chi connectivity index (χ2v) is 5.90. The maximum absolute atomic E-state index is 13.6. The van der Waals surface area contributed by atoms with Gasteiger partial charge in [0.05, 0.1) is 11.0 Å². The van der Waals surface area contributed by atoms with Crippen molar-refractivity contribution in [3.8, 4) is 0 Å². The Bertz CT molecular complexity index is 983. The number of ether oxygens (including phenoxy) is 1. The molecule has 130 valence electrons. The molecule has 1 N–H and O–H groups in total. The molecule has 1 aromatic carbocycles. The fourth-order valence-electron chi connectivity index (χ4n) is 1.99. The van der Waals surface area contributed by atoms with E-state index in [0.717, 1.165) is 17.4 Å². The Morgan fingerprint density at radius 2 is 2.08 bits per heavy atom. The van der Waals surface area contributed by atoms with Gasteiger partial charge in [0.1, 0.15) is 16.8 Å². The number of hydrogen-bond acceptors (Lipinski definition) is 6. The summed E-state index contributed by atoms with van der Waals surface area (Å²) >= 11 is 0.752. The van der Waals surface area contributed by atoms with Crippen LogP contribution in [0.2, 0.25) is 0 Å². The highest BCUT2D eigenvalue weighted by molar-refractivity contribution is 7.22. The zero-order valence-electron chi connectivity index (χ0n) is 12.6. The second-order valence-electron chi connectivity index (χ2n) is 4.87. The van der Waals surface area contributed by atoms with E-state index >= 15 is 0 Å². The van der Waals surface area contributed by atoms with Gasteiger partial charge in [-0.05, 0) is 19.1 Å². The molecule has 0 aliphatic carbocycles. The molecule has 0 saturated heterocycles. The normalized spacial score (nSPS) is 10.9. The van der Waals surface area contributed by atoms with E-state index in [4.69, 9.17) is 9.15 Å². The first-order valence-electron chi connectivity index (χ1n) is 6.82. The van der Waals surface area contributed by atoms with Crippen LogP contribution in [-0.4, -0.2) is 23.5 Å². The summed E-state index contributed by atoms with van der Waals surface area (Å²) in [6.45, 7) is 0.940. The minimum absolute atomic E-state index is 0.0257. The van der Waals surface area contributed by atoms with E-state index < -0.39 is 41.5 Å². The van der Waals surface area contributed by atoms with Gasteiger partial charge in [-0.25, -0.2) is 22.9 Å². The number of halogens is 3. The van der Waals surface area contributed by atoms with E-state index in [1.54, 1.807) is 6.92 Å². The predicted octanol–water partition coefficient (Wildman–Crippen LogP) is 3.41. The summed E-state index contributed by atoms with van der Waals surface area (Å²) in [6, 6.07) is 2.18. The maximum Gasteiger partial charge on any atom is 0.342 e. The van der Waals surface area contributed by atoms with Crippen LogP contribution < -0.4 is 5.32 Å². The summed E-state index contributed by atoms with van der Waals surface area (Å²) in [5, 5.41) is 2.19. The molecule has 0 saturated carbocycles. The summed E-state index contributed by atoms with van der Waals surface area (Å²) in [5.74, 6) is -5.57. The molecular formula is C15H9F3N2O4S. The molecule has 25 heavy (non-hydrogen) atoms. The zero-order chi connectivity index (χ0) is 18.1. The minimum Gasteiger partial charge on any atom is -0.469 e. The van der Waals surface area contributed by atoms with Crippen molar-refractivity contribution in [1.29, 1.82) is 0 Å². The zero-order valence-corrected chi connectivity index (χ0v) is 13.4. The van der Waals surface area contributed by atoms with Crippen molar-refractivity contribution in [2.24, 2.45) is 0 Å². The molecule has 1 amide bonds. The first kappa shape index (κ1) is 17.0. The maximum atomic E-state index is 13.6. The average Bonchev–Trinajstić information content (AvgIpc) is 3.16. The number of carbonyl (C=O) groups excluding carboxylic acids is 2. The number of furan rings is 1. The lowest BCUT2D eigenvalue weighted by molar-refractivity contribution is -0.119. The van der Waals surface area contributed by atoms with Crippen LogP contribution in [0.1, 0.15) is 16.1 Å². The van der Waals surface area contributed by atoms with Crippen molar-refractivity contribution in [1.82, 2.24) is 4.98 Å². The van der Waals surface area contributed by atoms with E-state index in [0.29, 0.717) is 5.76 Å². The van der Waals surface area contributed by atoms with Crippen LogP contribution in [0.5, 0.6) is 0 Å². The number of carbonyl (C=O) groups is 2. The van der Waals surface area contributed by atoms with Crippen LogP contribution in [0, 0.1) is 24.4 Å². The monoisotopic (exact) mass is 370 g/mol. The number of aromatic nitrogens is 1. The fraction of sp³-hybridized carbons (Fsp3) is 0.133. The number of fused-ring (bicyclic) bond motifs is 1. The lowest BCUT2D eigenvalue weighted by Gasteiger charge is -2.03. The van der Waals surface area contributed by atoms with Crippen molar-refractivity contribution in [2.45, 2.75) is 6.92 Å². The van der Waals surface area contributed by atoms with Crippen LogP contribution in [-0.2, 0) is 9.53 Å². The SMILES string of the molecule is Cc1occc1C(=O)OCC(=O)Nc1nc2c(F)c(F)c(F)cc2s1. The van der Waals surface area contributed by atoms with Crippen LogP contribution in [0.25, 0.3) is 10.2 Å². The molecule has 0 unspecified atom stereocenters. The quantitative estimate of drug-likeness (QED) is 0.562. The molecule has 0 radical (unpaired) electrons. The first-order chi connectivity index (χ1) is 11.9. The second kappa shape index (κ2) is 6.55. The van der Waals surface area contributed by atoms with E-state index in [9.17, 15) is 22.8 Å². The van der Waals surface area contributed by atoms with E-state index in [-0.39, 0.29) is 15.4 Å². The number of anilines is 1. The molecule has 0 bridgehead atoms. The van der Waals surface area contributed by atoms with Gasteiger partial charge in [0.2, 0.25) is 0 Å².